The molecular weight excluding hydrogens is 226 g/mol. The summed E-state index contributed by atoms with van der Waals surface area (Å²) in [5.41, 5.74) is 0.744. The fourth-order valence-electron chi connectivity index (χ4n) is 2.45. The van der Waals surface area contributed by atoms with E-state index in [-0.39, 0.29) is 11.3 Å². The Morgan fingerprint density at radius 3 is 2.89 bits per heavy atom. The van der Waals surface area contributed by atoms with Crippen molar-refractivity contribution in [3.63, 3.8) is 0 Å². The lowest BCUT2D eigenvalue weighted by Crippen LogP contribution is -2.43. The lowest BCUT2D eigenvalue weighted by atomic mass is 9.84. The molecule has 1 amide bonds. The highest BCUT2D eigenvalue weighted by atomic mass is 16.2. The highest BCUT2D eigenvalue weighted by Crippen LogP contribution is 2.29. The zero-order chi connectivity index (χ0) is 13.2. The monoisotopic (exact) mass is 247 g/mol. The molecule has 0 unspecified atom stereocenters. The van der Waals surface area contributed by atoms with E-state index in [0.29, 0.717) is 5.69 Å². The van der Waals surface area contributed by atoms with Crippen molar-refractivity contribution in [3.8, 4) is 0 Å². The van der Waals surface area contributed by atoms with Crippen LogP contribution in [-0.4, -0.2) is 35.9 Å². The number of rotatable bonds is 2. The van der Waals surface area contributed by atoms with Crippen LogP contribution in [0.3, 0.4) is 0 Å². The Morgan fingerprint density at radius 1 is 1.44 bits per heavy atom. The van der Waals surface area contributed by atoms with E-state index in [2.05, 4.69) is 24.1 Å². The molecule has 4 heteroatoms. The fourth-order valence-corrected chi connectivity index (χ4v) is 2.45. The van der Waals surface area contributed by atoms with Crippen LogP contribution in [0.25, 0.3) is 0 Å². The second-order valence-corrected chi connectivity index (χ2v) is 5.65. The van der Waals surface area contributed by atoms with Gasteiger partial charge in [-0.2, -0.15) is 0 Å². The second kappa shape index (κ2) is 4.96. The first-order chi connectivity index (χ1) is 8.52. The van der Waals surface area contributed by atoms with Crippen molar-refractivity contribution >= 4 is 11.7 Å². The number of anilines is 1. The lowest BCUT2D eigenvalue weighted by Gasteiger charge is -2.37. The number of amides is 1. The van der Waals surface area contributed by atoms with Gasteiger partial charge in [-0.05, 0) is 30.4 Å². The van der Waals surface area contributed by atoms with E-state index in [9.17, 15) is 4.79 Å². The van der Waals surface area contributed by atoms with Crippen molar-refractivity contribution in [2.75, 3.05) is 25.5 Å². The van der Waals surface area contributed by atoms with Crippen molar-refractivity contribution < 1.29 is 4.79 Å². The van der Waals surface area contributed by atoms with Gasteiger partial charge in [-0.1, -0.05) is 19.9 Å². The zero-order valence-electron chi connectivity index (χ0n) is 11.4. The molecule has 0 aliphatic carbocycles. The van der Waals surface area contributed by atoms with E-state index in [1.54, 1.807) is 13.1 Å². The normalized spacial score (nSPS) is 18.5. The average molecular weight is 247 g/mol. The molecule has 0 aromatic carbocycles. The summed E-state index contributed by atoms with van der Waals surface area (Å²) in [6, 6.07) is 5.50. The van der Waals surface area contributed by atoms with Crippen LogP contribution in [0.4, 0.5) is 5.82 Å². The molecule has 1 aliphatic rings. The van der Waals surface area contributed by atoms with Gasteiger partial charge in [0.25, 0.3) is 5.91 Å². The Kier molecular flexibility index (Phi) is 3.55. The molecular formula is C14H21N3O. The fraction of sp³-hybridized carbons (Fsp3) is 0.571. The minimum atomic E-state index is 0.0416. The van der Waals surface area contributed by atoms with Crippen LogP contribution in [0, 0.1) is 5.41 Å². The third-order valence-electron chi connectivity index (χ3n) is 3.41. The predicted octanol–water partition coefficient (Wildman–Crippen LogP) is 2.39. The number of piperidine rings is 1. The molecule has 18 heavy (non-hydrogen) atoms. The number of nitrogens with zero attached hydrogens (tertiary/aromatic N) is 2. The summed E-state index contributed by atoms with van der Waals surface area (Å²) >= 11 is 0. The molecule has 98 valence electrons. The molecule has 1 saturated heterocycles. The van der Waals surface area contributed by atoms with Crippen LogP contribution in [0.1, 0.15) is 37.2 Å². The Labute approximate surface area is 108 Å². The number of carbonyl (C=O) groups is 1. The van der Waals surface area contributed by atoms with Gasteiger partial charge in [-0.25, -0.2) is 4.98 Å². The van der Waals surface area contributed by atoms with Crippen molar-refractivity contribution in [2.45, 2.75) is 26.7 Å². The summed E-state index contributed by atoms with van der Waals surface area (Å²) in [7, 11) is 1.81. The molecule has 2 rings (SSSR count). The summed E-state index contributed by atoms with van der Waals surface area (Å²) in [6.07, 6.45) is 2.26. The van der Waals surface area contributed by atoms with Crippen LogP contribution in [0.15, 0.2) is 18.2 Å². The van der Waals surface area contributed by atoms with Crippen LogP contribution in [0.5, 0.6) is 0 Å². The SMILES string of the molecule is CNc1cccc(C(=O)N2CCCC(C)(C)C2)n1. The van der Waals surface area contributed by atoms with Crippen LogP contribution in [-0.2, 0) is 0 Å². The molecule has 0 saturated carbocycles. The molecule has 0 bridgehead atoms. The number of hydrogen-bond donors (Lipinski definition) is 1. The molecule has 4 nitrogen and oxygen atoms in total. The maximum atomic E-state index is 12.4. The summed E-state index contributed by atoms with van der Waals surface area (Å²) < 4.78 is 0. The zero-order valence-corrected chi connectivity index (χ0v) is 11.4. The van der Waals surface area contributed by atoms with Gasteiger partial charge >= 0.3 is 0 Å². The number of pyridine rings is 1. The standard InChI is InChI=1S/C14H21N3O/c1-14(2)8-5-9-17(10-14)13(18)11-6-4-7-12(15-3)16-11/h4,6-7H,5,8-10H2,1-3H3,(H,15,16). The average Bonchev–Trinajstić information content (AvgIpc) is 2.37. The molecule has 1 aliphatic heterocycles. The van der Waals surface area contributed by atoms with Gasteiger partial charge in [-0.3, -0.25) is 4.79 Å². The largest absolute Gasteiger partial charge is 0.373 e. The smallest absolute Gasteiger partial charge is 0.272 e. The van der Waals surface area contributed by atoms with Gasteiger partial charge in [0, 0.05) is 20.1 Å². The van der Waals surface area contributed by atoms with E-state index in [0.717, 1.165) is 25.3 Å². The maximum absolute atomic E-state index is 12.4. The molecule has 2 heterocycles. The highest BCUT2D eigenvalue weighted by molar-refractivity contribution is 5.92. The summed E-state index contributed by atoms with van der Waals surface area (Å²) in [4.78, 5) is 18.6. The van der Waals surface area contributed by atoms with Crippen molar-refractivity contribution in [2.24, 2.45) is 5.41 Å². The first kappa shape index (κ1) is 12.9. The maximum Gasteiger partial charge on any atom is 0.272 e. The van der Waals surface area contributed by atoms with E-state index in [1.807, 2.05) is 17.0 Å². The van der Waals surface area contributed by atoms with E-state index in [1.165, 1.54) is 6.42 Å². The Bertz CT molecular complexity index is 442. The number of hydrogen-bond acceptors (Lipinski definition) is 3. The highest BCUT2D eigenvalue weighted by Gasteiger charge is 2.30. The second-order valence-electron chi connectivity index (χ2n) is 5.65. The van der Waals surface area contributed by atoms with Gasteiger partial charge in [0.05, 0.1) is 0 Å². The topological polar surface area (TPSA) is 45.2 Å². The summed E-state index contributed by atoms with van der Waals surface area (Å²) in [6.45, 7) is 6.08. The first-order valence-electron chi connectivity index (χ1n) is 6.46. The molecule has 1 fully saturated rings. The van der Waals surface area contributed by atoms with Gasteiger partial charge in [0.2, 0.25) is 0 Å². The van der Waals surface area contributed by atoms with Crippen LogP contribution < -0.4 is 5.32 Å². The predicted molar refractivity (Wildman–Crippen MR) is 72.7 cm³/mol. The molecule has 1 aromatic rings. The van der Waals surface area contributed by atoms with Crippen molar-refractivity contribution in [1.29, 1.82) is 0 Å². The summed E-state index contributed by atoms with van der Waals surface area (Å²) in [5, 5.41) is 2.96. The minimum absolute atomic E-state index is 0.0416. The van der Waals surface area contributed by atoms with Gasteiger partial charge in [0.1, 0.15) is 11.5 Å². The van der Waals surface area contributed by atoms with Crippen LogP contribution >= 0.6 is 0 Å². The Hall–Kier alpha value is -1.58. The Balaban J connectivity index is 2.15. The van der Waals surface area contributed by atoms with Crippen LogP contribution in [0.2, 0.25) is 0 Å². The number of likely N-dealkylation sites (tertiary alicyclic amines) is 1. The van der Waals surface area contributed by atoms with E-state index in [4.69, 9.17) is 0 Å². The van der Waals surface area contributed by atoms with E-state index >= 15 is 0 Å². The van der Waals surface area contributed by atoms with Gasteiger partial charge < -0.3 is 10.2 Å². The summed E-state index contributed by atoms with van der Waals surface area (Å²) in [5.74, 6) is 0.775. The van der Waals surface area contributed by atoms with E-state index < -0.39 is 0 Å². The molecule has 0 radical (unpaired) electrons. The third-order valence-corrected chi connectivity index (χ3v) is 3.41. The van der Waals surface area contributed by atoms with Crippen molar-refractivity contribution in [3.05, 3.63) is 23.9 Å². The lowest BCUT2D eigenvalue weighted by molar-refractivity contribution is 0.0578. The van der Waals surface area contributed by atoms with Gasteiger partial charge in [-0.15, -0.1) is 0 Å². The van der Waals surface area contributed by atoms with Gasteiger partial charge in [0.15, 0.2) is 0 Å². The third kappa shape index (κ3) is 2.81. The minimum Gasteiger partial charge on any atom is -0.373 e. The number of carbonyl (C=O) groups excluding carboxylic acids is 1. The Morgan fingerprint density at radius 2 is 2.22 bits per heavy atom. The quantitative estimate of drug-likeness (QED) is 0.872. The number of nitrogens with one attached hydrogen (secondary N) is 1. The molecule has 1 N–H and O–H groups in total. The molecule has 0 atom stereocenters. The molecule has 0 spiro atoms. The van der Waals surface area contributed by atoms with Crippen molar-refractivity contribution in [1.82, 2.24) is 9.88 Å². The molecule has 1 aromatic heterocycles. The number of aromatic nitrogens is 1. The first-order valence-corrected chi connectivity index (χ1v) is 6.46.